The number of hydrogen-bond acceptors (Lipinski definition) is 2. The van der Waals surface area contributed by atoms with Crippen LogP contribution in [0.3, 0.4) is 0 Å². The van der Waals surface area contributed by atoms with Gasteiger partial charge in [-0.2, -0.15) is 0 Å². The molecule has 4 heteroatoms. The van der Waals surface area contributed by atoms with Crippen LogP contribution in [-0.2, 0) is 4.74 Å². The second kappa shape index (κ2) is 4.46. The quantitative estimate of drug-likeness (QED) is 0.702. The van der Waals surface area contributed by atoms with Crippen molar-refractivity contribution in [2.24, 2.45) is 5.92 Å². The Labute approximate surface area is 84.2 Å². The van der Waals surface area contributed by atoms with Gasteiger partial charge < -0.3 is 14.7 Å². The third-order valence-corrected chi connectivity index (χ3v) is 2.33. The summed E-state index contributed by atoms with van der Waals surface area (Å²) in [5, 5.41) is 8.81. The molecule has 1 aliphatic heterocycles. The van der Waals surface area contributed by atoms with Crippen molar-refractivity contribution in [1.29, 1.82) is 0 Å². The number of carboxylic acid groups (broad SMARTS) is 1. The molecule has 1 rings (SSSR count). The van der Waals surface area contributed by atoms with E-state index in [-0.39, 0.29) is 18.1 Å². The largest absolute Gasteiger partial charge is 0.465 e. The summed E-state index contributed by atoms with van der Waals surface area (Å²) >= 11 is 0. The fourth-order valence-corrected chi connectivity index (χ4v) is 1.68. The Balaban J connectivity index is 2.58. The molecule has 0 aromatic rings. The Kier molecular flexibility index (Phi) is 3.52. The summed E-state index contributed by atoms with van der Waals surface area (Å²) in [7, 11) is 0. The molecule has 1 heterocycles. The van der Waals surface area contributed by atoms with Gasteiger partial charge in [-0.05, 0) is 13.8 Å². The predicted molar refractivity (Wildman–Crippen MR) is 53.3 cm³/mol. The van der Waals surface area contributed by atoms with E-state index in [0.29, 0.717) is 13.1 Å². The highest BCUT2D eigenvalue weighted by Crippen LogP contribution is 2.22. The Morgan fingerprint density at radius 3 is 2.71 bits per heavy atom. The number of hydrogen-bond donors (Lipinski definition) is 1. The SMILES string of the molecule is C=CC1CN(C(=O)O)CC1OC(C)C. The highest BCUT2D eigenvalue weighted by molar-refractivity contribution is 5.65. The van der Waals surface area contributed by atoms with Crippen molar-refractivity contribution >= 4 is 6.09 Å². The summed E-state index contributed by atoms with van der Waals surface area (Å²) in [5.74, 6) is 0.119. The maximum absolute atomic E-state index is 10.7. The highest BCUT2D eigenvalue weighted by atomic mass is 16.5. The van der Waals surface area contributed by atoms with Crippen LogP contribution < -0.4 is 0 Å². The van der Waals surface area contributed by atoms with Gasteiger partial charge in [-0.15, -0.1) is 6.58 Å². The number of carbonyl (C=O) groups is 1. The minimum Gasteiger partial charge on any atom is -0.465 e. The minimum atomic E-state index is -0.883. The van der Waals surface area contributed by atoms with Gasteiger partial charge in [0.2, 0.25) is 0 Å². The number of ether oxygens (including phenoxy) is 1. The second-order valence-electron chi connectivity index (χ2n) is 3.81. The molecule has 0 radical (unpaired) electrons. The van der Waals surface area contributed by atoms with Crippen molar-refractivity contribution in [3.05, 3.63) is 12.7 Å². The standard InChI is InChI=1S/C10H17NO3/c1-4-8-5-11(10(12)13)6-9(8)14-7(2)3/h4,7-9H,1,5-6H2,2-3H3,(H,12,13). The third kappa shape index (κ3) is 2.48. The van der Waals surface area contributed by atoms with E-state index in [2.05, 4.69) is 6.58 Å². The number of amides is 1. The molecule has 1 saturated heterocycles. The third-order valence-electron chi connectivity index (χ3n) is 2.33. The zero-order chi connectivity index (χ0) is 10.7. The van der Waals surface area contributed by atoms with Crippen LogP contribution in [0.5, 0.6) is 0 Å². The first-order valence-corrected chi connectivity index (χ1v) is 4.80. The molecule has 1 amide bonds. The van der Waals surface area contributed by atoms with Gasteiger partial charge in [-0.1, -0.05) is 6.08 Å². The average molecular weight is 199 g/mol. The lowest BCUT2D eigenvalue weighted by Crippen LogP contribution is -2.29. The van der Waals surface area contributed by atoms with Crippen molar-refractivity contribution in [3.63, 3.8) is 0 Å². The van der Waals surface area contributed by atoms with Gasteiger partial charge in [-0.3, -0.25) is 0 Å². The Bertz CT molecular complexity index is 227. The summed E-state index contributed by atoms with van der Waals surface area (Å²) in [6.45, 7) is 8.54. The number of nitrogens with zero attached hydrogens (tertiary/aromatic N) is 1. The van der Waals surface area contributed by atoms with Gasteiger partial charge in [-0.25, -0.2) is 4.79 Å². The zero-order valence-corrected chi connectivity index (χ0v) is 8.64. The smallest absolute Gasteiger partial charge is 0.407 e. The molecule has 80 valence electrons. The van der Waals surface area contributed by atoms with Crippen LogP contribution in [0.25, 0.3) is 0 Å². The van der Waals surface area contributed by atoms with E-state index in [1.807, 2.05) is 13.8 Å². The van der Waals surface area contributed by atoms with Crippen LogP contribution in [0.2, 0.25) is 0 Å². The maximum atomic E-state index is 10.7. The monoisotopic (exact) mass is 199 g/mol. The number of likely N-dealkylation sites (tertiary alicyclic amines) is 1. The van der Waals surface area contributed by atoms with Crippen molar-refractivity contribution in [2.45, 2.75) is 26.1 Å². The summed E-state index contributed by atoms with van der Waals surface area (Å²) in [6, 6.07) is 0. The zero-order valence-electron chi connectivity index (χ0n) is 8.64. The molecule has 14 heavy (non-hydrogen) atoms. The van der Waals surface area contributed by atoms with E-state index in [1.54, 1.807) is 6.08 Å². The molecule has 1 aliphatic rings. The van der Waals surface area contributed by atoms with Crippen LogP contribution >= 0.6 is 0 Å². The van der Waals surface area contributed by atoms with E-state index >= 15 is 0 Å². The van der Waals surface area contributed by atoms with Crippen LogP contribution in [0.15, 0.2) is 12.7 Å². The Morgan fingerprint density at radius 1 is 1.64 bits per heavy atom. The van der Waals surface area contributed by atoms with Gasteiger partial charge in [0, 0.05) is 12.5 Å². The van der Waals surface area contributed by atoms with Crippen molar-refractivity contribution in [3.8, 4) is 0 Å². The van der Waals surface area contributed by atoms with E-state index < -0.39 is 6.09 Å². The second-order valence-corrected chi connectivity index (χ2v) is 3.81. The van der Waals surface area contributed by atoms with Crippen LogP contribution in [0.1, 0.15) is 13.8 Å². The van der Waals surface area contributed by atoms with E-state index in [9.17, 15) is 4.79 Å². The lowest BCUT2D eigenvalue weighted by Gasteiger charge is -2.18. The fourth-order valence-electron chi connectivity index (χ4n) is 1.68. The Hall–Kier alpha value is -1.03. The molecule has 0 aliphatic carbocycles. The lowest BCUT2D eigenvalue weighted by atomic mass is 10.1. The first-order chi connectivity index (χ1) is 6.54. The first-order valence-electron chi connectivity index (χ1n) is 4.80. The van der Waals surface area contributed by atoms with Gasteiger partial charge >= 0.3 is 6.09 Å². The summed E-state index contributed by atoms with van der Waals surface area (Å²) < 4.78 is 5.62. The molecule has 0 aromatic heterocycles. The highest BCUT2D eigenvalue weighted by Gasteiger charge is 2.34. The molecule has 0 spiro atoms. The number of rotatable bonds is 3. The molecular weight excluding hydrogens is 182 g/mol. The van der Waals surface area contributed by atoms with Gasteiger partial charge in [0.1, 0.15) is 0 Å². The normalized spacial score (nSPS) is 26.9. The molecule has 0 aromatic carbocycles. The van der Waals surface area contributed by atoms with Crippen molar-refractivity contribution < 1.29 is 14.6 Å². The van der Waals surface area contributed by atoms with E-state index in [4.69, 9.17) is 9.84 Å². The van der Waals surface area contributed by atoms with Crippen LogP contribution in [-0.4, -0.2) is 41.4 Å². The topological polar surface area (TPSA) is 49.8 Å². The molecule has 2 atom stereocenters. The first kappa shape index (κ1) is 11.0. The summed E-state index contributed by atoms with van der Waals surface area (Å²) in [5.41, 5.74) is 0. The van der Waals surface area contributed by atoms with Gasteiger partial charge in [0.05, 0.1) is 18.8 Å². The lowest BCUT2D eigenvalue weighted by molar-refractivity contribution is 0.00130. The molecule has 0 bridgehead atoms. The Morgan fingerprint density at radius 2 is 2.29 bits per heavy atom. The van der Waals surface area contributed by atoms with Gasteiger partial charge in [0.25, 0.3) is 0 Å². The van der Waals surface area contributed by atoms with Gasteiger partial charge in [0.15, 0.2) is 0 Å². The summed E-state index contributed by atoms with van der Waals surface area (Å²) in [6.07, 6.45) is 0.974. The fraction of sp³-hybridized carbons (Fsp3) is 0.700. The molecule has 1 N–H and O–H groups in total. The predicted octanol–water partition coefficient (Wildman–Crippen LogP) is 1.58. The van der Waals surface area contributed by atoms with Crippen molar-refractivity contribution in [1.82, 2.24) is 4.90 Å². The van der Waals surface area contributed by atoms with E-state index in [0.717, 1.165) is 0 Å². The summed E-state index contributed by atoms with van der Waals surface area (Å²) in [4.78, 5) is 12.1. The van der Waals surface area contributed by atoms with Crippen molar-refractivity contribution in [2.75, 3.05) is 13.1 Å². The molecular formula is C10H17NO3. The molecule has 2 unspecified atom stereocenters. The molecule has 4 nitrogen and oxygen atoms in total. The van der Waals surface area contributed by atoms with E-state index in [1.165, 1.54) is 4.90 Å². The molecule has 1 fully saturated rings. The van der Waals surface area contributed by atoms with Crippen LogP contribution in [0, 0.1) is 5.92 Å². The average Bonchev–Trinajstić information content (AvgIpc) is 2.46. The van der Waals surface area contributed by atoms with Crippen LogP contribution in [0.4, 0.5) is 4.79 Å². The molecule has 0 saturated carbocycles. The maximum Gasteiger partial charge on any atom is 0.407 e. The minimum absolute atomic E-state index is 0.0383.